The third kappa shape index (κ3) is 4.59. The van der Waals surface area contributed by atoms with Crippen LogP contribution in [0.5, 0.6) is 0 Å². The first-order valence-electron chi connectivity index (χ1n) is 12.0. The topological polar surface area (TPSA) is 125 Å². The first-order valence-corrected chi connectivity index (χ1v) is 12.0. The van der Waals surface area contributed by atoms with Gasteiger partial charge in [-0.05, 0) is 45.5 Å². The number of rotatable bonds is 9. The molecule has 0 spiro atoms. The third-order valence-electron chi connectivity index (χ3n) is 5.99. The van der Waals surface area contributed by atoms with Crippen LogP contribution in [0.1, 0.15) is 38.4 Å². The predicted molar refractivity (Wildman–Crippen MR) is 134 cm³/mol. The van der Waals surface area contributed by atoms with Gasteiger partial charge in [0.05, 0.1) is 6.54 Å². The summed E-state index contributed by atoms with van der Waals surface area (Å²) in [6, 6.07) is 9.95. The summed E-state index contributed by atoms with van der Waals surface area (Å²) in [5.41, 5.74) is 4.68. The van der Waals surface area contributed by atoms with Gasteiger partial charge < -0.3 is 0 Å². The van der Waals surface area contributed by atoms with E-state index in [0.717, 1.165) is 47.3 Å². The number of H-pyrrole nitrogens is 1. The van der Waals surface area contributed by atoms with Crippen molar-refractivity contribution in [3.05, 3.63) is 77.0 Å². The summed E-state index contributed by atoms with van der Waals surface area (Å²) in [5, 5.41) is 22.3. The zero-order chi connectivity index (χ0) is 25.1. The van der Waals surface area contributed by atoms with Crippen molar-refractivity contribution in [1.29, 1.82) is 0 Å². The van der Waals surface area contributed by atoms with E-state index in [-0.39, 0.29) is 5.69 Å². The van der Waals surface area contributed by atoms with E-state index in [4.69, 9.17) is 0 Å². The molecule has 0 bridgehead atoms. The van der Waals surface area contributed by atoms with Gasteiger partial charge in [-0.2, -0.15) is 0 Å². The monoisotopic (exact) mass is 484 g/mol. The van der Waals surface area contributed by atoms with Gasteiger partial charge in [0.1, 0.15) is 6.33 Å². The smallest absolute Gasteiger partial charge is 0.299 e. The average Bonchev–Trinajstić information content (AvgIpc) is 3.63. The Balaban J connectivity index is 1.51. The van der Waals surface area contributed by atoms with Crippen LogP contribution in [0.15, 0.2) is 60.0 Å². The fraction of sp³-hybridized carbons (Fsp3) is 0.320. The van der Waals surface area contributed by atoms with Gasteiger partial charge in [-0.3, -0.25) is 14.1 Å². The second-order valence-corrected chi connectivity index (χ2v) is 9.15. The second-order valence-electron chi connectivity index (χ2n) is 9.15. The van der Waals surface area contributed by atoms with Gasteiger partial charge in [0.15, 0.2) is 5.82 Å². The number of benzene rings is 1. The van der Waals surface area contributed by atoms with E-state index < -0.39 is 0 Å². The highest BCUT2D eigenvalue weighted by Crippen LogP contribution is 2.26. The maximum Gasteiger partial charge on any atom is 0.335 e. The minimum absolute atomic E-state index is 0.139. The van der Waals surface area contributed by atoms with Crippen LogP contribution in [0.25, 0.3) is 28.5 Å². The molecule has 5 aromatic rings. The van der Waals surface area contributed by atoms with Crippen LogP contribution in [-0.2, 0) is 19.5 Å². The van der Waals surface area contributed by atoms with Crippen LogP contribution in [0, 0.1) is 5.92 Å². The first kappa shape index (κ1) is 23.3. The van der Waals surface area contributed by atoms with Crippen LogP contribution < -0.4 is 5.69 Å². The molecule has 36 heavy (non-hydrogen) atoms. The molecule has 0 saturated carbocycles. The Labute approximate surface area is 207 Å². The molecule has 11 heteroatoms. The fourth-order valence-corrected chi connectivity index (χ4v) is 4.35. The molecule has 0 fully saturated rings. The molecule has 0 aliphatic heterocycles. The van der Waals surface area contributed by atoms with Crippen molar-refractivity contribution < 1.29 is 0 Å². The van der Waals surface area contributed by atoms with Gasteiger partial charge in [-0.15, -0.1) is 15.3 Å². The number of aromatic amines is 1. The highest BCUT2D eigenvalue weighted by molar-refractivity contribution is 5.69. The lowest BCUT2D eigenvalue weighted by atomic mass is 10.00. The zero-order valence-corrected chi connectivity index (χ0v) is 20.5. The van der Waals surface area contributed by atoms with Crippen LogP contribution in [-0.4, -0.2) is 49.5 Å². The van der Waals surface area contributed by atoms with E-state index in [2.05, 4.69) is 56.6 Å². The number of imidazole rings is 1. The largest absolute Gasteiger partial charge is 0.335 e. The maximum absolute atomic E-state index is 13.6. The molecular weight excluding hydrogens is 456 g/mol. The van der Waals surface area contributed by atoms with Gasteiger partial charge in [0.2, 0.25) is 5.95 Å². The molecule has 0 atom stereocenters. The van der Waals surface area contributed by atoms with Gasteiger partial charge in [-0.1, -0.05) is 51.5 Å². The summed E-state index contributed by atoms with van der Waals surface area (Å²) in [6.45, 7) is 7.49. The number of nitrogens with zero attached hydrogens (tertiary/aromatic N) is 9. The van der Waals surface area contributed by atoms with Gasteiger partial charge in [0.25, 0.3) is 0 Å². The number of hydrogen-bond donors (Lipinski definition) is 1. The maximum atomic E-state index is 13.6. The van der Waals surface area contributed by atoms with Crippen molar-refractivity contribution in [2.45, 2.75) is 46.7 Å². The van der Waals surface area contributed by atoms with E-state index in [1.54, 1.807) is 17.1 Å². The van der Waals surface area contributed by atoms with Crippen LogP contribution >= 0.6 is 0 Å². The average molecular weight is 485 g/mol. The lowest BCUT2D eigenvalue weighted by molar-refractivity contribution is 0.512. The Morgan fingerprint density at radius 2 is 1.86 bits per heavy atom. The Morgan fingerprint density at radius 3 is 2.58 bits per heavy atom. The molecule has 4 heterocycles. The quantitative estimate of drug-likeness (QED) is 0.341. The molecule has 0 unspecified atom stereocenters. The molecule has 0 saturated heterocycles. The molecule has 1 N–H and O–H groups in total. The molecule has 0 amide bonds. The summed E-state index contributed by atoms with van der Waals surface area (Å²) in [5.74, 6) is 1.55. The van der Waals surface area contributed by atoms with Crippen molar-refractivity contribution in [1.82, 2.24) is 49.5 Å². The summed E-state index contributed by atoms with van der Waals surface area (Å²) < 4.78 is 5.34. The highest BCUT2D eigenvalue weighted by Gasteiger charge is 2.18. The van der Waals surface area contributed by atoms with Gasteiger partial charge >= 0.3 is 5.69 Å². The van der Waals surface area contributed by atoms with Crippen LogP contribution in [0.2, 0.25) is 0 Å². The number of nitrogens with one attached hydrogen (secondary N) is 1. The third-order valence-corrected chi connectivity index (χ3v) is 5.99. The molecule has 5 rings (SSSR count). The van der Waals surface area contributed by atoms with Crippen molar-refractivity contribution >= 4 is 0 Å². The lowest BCUT2D eigenvalue weighted by Crippen LogP contribution is -2.27. The minimum Gasteiger partial charge on any atom is -0.299 e. The van der Waals surface area contributed by atoms with E-state index in [9.17, 15) is 4.79 Å². The highest BCUT2D eigenvalue weighted by atomic mass is 16.2. The lowest BCUT2D eigenvalue weighted by Gasteiger charge is -2.12. The van der Waals surface area contributed by atoms with Gasteiger partial charge in [-0.25, -0.2) is 14.5 Å². The number of pyridine rings is 1. The van der Waals surface area contributed by atoms with Crippen LogP contribution in [0.4, 0.5) is 0 Å². The number of hydrogen-bond acceptors (Lipinski definition) is 7. The molecule has 4 aromatic heterocycles. The van der Waals surface area contributed by atoms with E-state index in [1.165, 1.54) is 0 Å². The van der Waals surface area contributed by atoms with E-state index >= 15 is 0 Å². The van der Waals surface area contributed by atoms with Crippen molar-refractivity contribution in [3.63, 3.8) is 0 Å². The predicted octanol–water partition coefficient (Wildman–Crippen LogP) is 3.13. The van der Waals surface area contributed by atoms with Crippen molar-refractivity contribution in [2.24, 2.45) is 5.92 Å². The number of aryl methyl sites for hydroxylation is 1. The summed E-state index contributed by atoms with van der Waals surface area (Å²) in [6.07, 6.45) is 8.85. The minimum atomic E-state index is -0.139. The molecule has 0 aliphatic rings. The fourth-order valence-electron chi connectivity index (χ4n) is 4.35. The van der Waals surface area contributed by atoms with E-state index in [1.807, 2.05) is 51.9 Å². The summed E-state index contributed by atoms with van der Waals surface area (Å²) in [7, 11) is 0. The van der Waals surface area contributed by atoms with Crippen molar-refractivity contribution in [2.75, 3.05) is 0 Å². The zero-order valence-electron chi connectivity index (χ0n) is 20.5. The summed E-state index contributed by atoms with van der Waals surface area (Å²) >= 11 is 0. The Bertz CT molecular complexity index is 1490. The number of tetrazole rings is 1. The number of aromatic nitrogens is 10. The Morgan fingerprint density at radius 1 is 1.06 bits per heavy atom. The molecule has 1 aromatic carbocycles. The molecular formula is C25H28N10O. The molecule has 11 nitrogen and oxygen atoms in total. The SMILES string of the molecule is CCCc1cn(-c2nncn2CC(C)C)c(=O)n1Cc1cnccc1-c1ccc(-c2nnn[nH]2)cc1. The molecule has 0 aliphatic carbocycles. The molecule has 0 radical (unpaired) electrons. The first-order chi connectivity index (χ1) is 17.5. The molecule has 184 valence electrons. The standard InChI is InChI=1S/C25H28N10O/c1-4-5-21-15-35(24-30-27-16-33(24)13-17(2)3)25(36)34(21)14-20-12-26-11-10-22(20)18-6-8-19(9-7-18)23-28-31-32-29-23/h6-12,15-17H,4-5,13-14H2,1-3H3,(H,28,29,31,32). The van der Waals surface area contributed by atoms with Crippen molar-refractivity contribution in [3.8, 4) is 28.5 Å². The summed E-state index contributed by atoms with van der Waals surface area (Å²) in [4.78, 5) is 18.0. The van der Waals surface area contributed by atoms with Crippen LogP contribution in [0.3, 0.4) is 0 Å². The Hall–Kier alpha value is -4.41. The Kier molecular flexibility index (Phi) is 6.52. The van der Waals surface area contributed by atoms with E-state index in [0.29, 0.717) is 24.2 Å². The normalized spacial score (nSPS) is 11.4. The van der Waals surface area contributed by atoms with Gasteiger partial charge in [0, 0.05) is 36.4 Å². The second kappa shape index (κ2) is 10.1.